The molecule has 0 amide bonds. The SMILES string of the molecule is Cc1n[nH]c(C)c1NS(=O)(=O)c1cnc[nH]1. The van der Waals surface area contributed by atoms with Crippen molar-refractivity contribution in [3.05, 3.63) is 23.9 Å². The molecule has 0 aliphatic carbocycles. The summed E-state index contributed by atoms with van der Waals surface area (Å²) in [5.41, 5.74) is 1.73. The monoisotopic (exact) mass is 241 g/mol. The van der Waals surface area contributed by atoms with Gasteiger partial charge in [0.1, 0.15) is 0 Å². The standard InChI is InChI=1S/C8H11N5O2S/c1-5-8(6(2)12-11-5)13-16(14,15)7-3-9-4-10-7/h3-4,13H,1-2H3,(H,9,10)(H,11,12). The first kappa shape index (κ1) is 10.7. The quantitative estimate of drug-likeness (QED) is 0.730. The number of imidazole rings is 1. The van der Waals surface area contributed by atoms with Crippen molar-refractivity contribution in [1.29, 1.82) is 0 Å². The number of hydrogen-bond acceptors (Lipinski definition) is 4. The number of aromatic nitrogens is 4. The van der Waals surface area contributed by atoms with Crippen LogP contribution >= 0.6 is 0 Å². The summed E-state index contributed by atoms with van der Waals surface area (Å²) >= 11 is 0. The second kappa shape index (κ2) is 3.63. The van der Waals surface area contributed by atoms with Crippen LogP contribution in [0.2, 0.25) is 0 Å². The van der Waals surface area contributed by atoms with E-state index >= 15 is 0 Å². The maximum atomic E-state index is 11.8. The maximum absolute atomic E-state index is 11.8. The van der Waals surface area contributed by atoms with Crippen molar-refractivity contribution in [3.63, 3.8) is 0 Å². The van der Waals surface area contributed by atoms with Gasteiger partial charge in [-0.15, -0.1) is 0 Å². The largest absolute Gasteiger partial charge is 0.334 e. The van der Waals surface area contributed by atoms with E-state index in [0.717, 1.165) is 0 Å². The third kappa shape index (κ3) is 1.78. The summed E-state index contributed by atoms with van der Waals surface area (Å²) in [4.78, 5) is 6.20. The van der Waals surface area contributed by atoms with Crippen LogP contribution in [-0.4, -0.2) is 28.6 Å². The van der Waals surface area contributed by atoms with Crippen molar-refractivity contribution in [2.24, 2.45) is 0 Å². The second-order valence-electron chi connectivity index (χ2n) is 3.33. The number of nitrogens with zero attached hydrogens (tertiary/aromatic N) is 2. The van der Waals surface area contributed by atoms with Gasteiger partial charge >= 0.3 is 0 Å². The Bertz CT molecular complexity index is 564. The number of rotatable bonds is 3. The molecular weight excluding hydrogens is 230 g/mol. The zero-order valence-electron chi connectivity index (χ0n) is 8.77. The lowest BCUT2D eigenvalue weighted by Gasteiger charge is -2.05. The van der Waals surface area contributed by atoms with E-state index < -0.39 is 10.0 Å². The molecule has 2 aromatic heterocycles. The molecule has 0 unspecified atom stereocenters. The van der Waals surface area contributed by atoms with Gasteiger partial charge in [0.05, 0.1) is 29.6 Å². The molecule has 8 heteroatoms. The van der Waals surface area contributed by atoms with E-state index in [9.17, 15) is 8.42 Å². The summed E-state index contributed by atoms with van der Waals surface area (Å²) in [5.74, 6) is 0. The lowest BCUT2D eigenvalue weighted by Crippen LogP contribution is -2.14. The molecule has 0 bridgehead atoms. The average molecular weight is 241 g/mol. The summed E-state index contributed by atoms with van der Waals surface area (Å²) < 4.78 is 26.1. The molecule has 2 rings (SSSR count). The smallest absolute Gasteiger partial charge is 0.279 e. The van der Waals surface area contributed by atoms with E-state index in [1.807, 2.05) is 0 Å². The Labute approximate surface area is 92.4 Å². The number of aryl methyl sites for hydroxylation is 2. The summed E-state index contributed by atoms with van der Waals surface area (Å²) in [7, 11) is -3.61. The fraction of sp³-hybridized carbons (Fsp3) is 0.250. The molecule has 0 spiro atoms. The van der Waals surface area contributed by atoms with Crippen LogP contribution in [0.3, 0.4) is 0 Å². The molecule has 7 nitrogen and oxygen atoms in total. The number of anilines is 1. The normalized spacial score (nSPS) is 11.6. The highest BCUT2D eigenvalue weighted by molar-refractivity contribution is 7.92. The minimum atomic E-state index is -3.61. The zero-order chi connectivity index (χ0) is 11.8. The van der Waals surface area contributed by atoms with E-state index in [1.165, 1.54) is 12.5 Å². The highest BCUT2D eigenvalue weighted by atomic mass is 32.2. The third-order valence-corrected chi connectivity index (χ3v) is 3.40. The van der Waals surface area contributed by atoms with Gasteiger partial charge in [0, 0.05) is 0 Å². The minimum Gasteiger partial charge on any atom is -0.334 e. The Balaban J connectivity index is 2.36. The van der Waals surface area contributed by atoms with Gasteiger partial charge in [0.25, 0.3) is 10.0 Å². The number of aromatic amines is 2. The number of H-pyrrole nitrogens is 2. The van der Waals surface area contributed by atoms with Gasteiger partial charge in [-0.05, 0) is 13.8 Å². The van der Waals surface area contributed by atoms with Crippen molar-refractivity contribution in [2.45, 2.75) is 18.9 Å². The first-order valence-corrected chi connectivity index (χ1v) is 6.02. The third-order valence-electron chi connectivity index (χ3n) is 2.13. The van der Waals surface area contributed by atoms with E-state index in [0.29, 0.717) is 17.1 Å². The molecular formula is C8H11N5O2S. The fourth-order valence-corrected chi connectivity index (χ4v) is 2.37. The van der Waals surface area contributed by atoms with Gasteiger partial charge in [0.2, 0.25) is 0 Å². The van der Waals surface area contributed by atoms with Gasteiger partial charge < -0.3 is 4.98 Å². The fourth-order valence-electron chi connectivity index (χ4n) is 1.28. The molecule has 0 aliphatic rings. The van der Waals surface area contributed by atoms with Crippen molar-refractivity contribution < 1.29 is 8.42 Å². The molecule has 0 radical (unpaired) electrons. The van der Waals surface area contributed by atoms with Crippen molar-refractivity contribution in [3.8, 4) is 0 Å². The predicted molar refractivity (Wildman–Crippen MR) is 57.5 cm³/mol. The number of hydrogen-bond donors (Lipinski definition) is 3. The first-order chi connectivity index (χ1) is 7.50. The van der Waals surface area contributed by atoms with E-state index in [2.05, 4.69) is 24.9 Å². The van der Waals surface area contributed by atoms with Crippen LogP contribution in [0.1, 0.15) is 11.4 Å². The highest BCUT2D eigenvalue weighted by Crippen LogP contribution is 2.19. The van der Waals surface area contributed by atoms with Crippen molar-refractivity contribution in [1.82, 2.24) is 20.2 Å². The van der Waals surface area contributed by atoms with E-state index in [4.69, 9.17) is 0 Å². The lowest BCUT2D eigenvalue weighted by atomic mass is 10.3. The Morgan fingerprint density at radius 1 is 1.38 bits per heavy atom. The van der Waals surface area contributed by atoms with Crippen LogP contribution in [0.5, 0.6) is 0 Å². The summed E-state index contributed by atoms with van der Waals surface area (Å²) in [6.45, 7) is 3.46. The molecule has 2 heterocycles. The first-order valence-electron chi connectivity index (χ1n) is 4.53. The average Bonchev–Trinajstić information content (AvgIpc) is 2.83. The van der Waals surface area contributed by atoms with E-state index in [-0.39, 0.29) is 5.03 Å². The molecule has 0 saturated heterocycles. The summed E-state index contributed by atoms with van der Waals surface area (Å²) in [6, 6.07) is 0. The number of sulfonamides is 1. The predicted octanol–water partition coefficient (Wildman–Crippen LogP) is 0.550. The Kier molecular flexibility index (Phi) is 2.43. The number of nitrogens with one attached hydrogen (secondary N) is 3. The Morgan fingerprint density at radius 3 is 2.62 bits per heavy atom. The van der Waals surface area contributed by atoms with Gasteiger partial charge in [-0.1, -0.05) is 0 Å². The molecule has 2 aromatic rings. The van der Waals surface area contributed by atoms with Crippen LogP contribution in [0.4, 0.5) is 5.69 Å². The topological polar surface area (TPSA) is 104 Å². The summed E-state index contributed by atoms with van der Waals surface area (Å²) in [6.07, 6.45) is 2.55. The molecule has 0 fully saturated rings. The van der Waals surface area contributed by atoms with Crippen LogP contribution in [0.25, 0.3) is 0 Å². The van der Waals surface area contributed by atoms with Gasteiger partial charge in [-0.25, -0.2) is 4.98 Å². The highest BCUT2D eigenvalue weighted by Gasteiger charge is 2.18. The van der Waals surface area contributed by atoms with Crippen molar-refractivity contribution >= 4 is 15.7 Å². The molecule has 0 atom stereocenters. The molecule has 16 heavy (non-hydrogen) atoms. The second-order valence-corrected chi connectivity index (χ2v) is 4.98. The molecule has 0 aromatic carbocycles. The lowest BCUT2D eigenvalue weighted by molar-refractivity contribution is 0.598. The van der Waals surface area contributed by atoms with E-state index in [1.54, 1.807) is 13.8 Å². The zero-order valence-corrected chi connectivity index (χ0v) is 9.59. The maximum Gasteiger partial charge on any atom is 0.279 e. The molecule has 86 valence electrons. The van der Waals surface area contributed by atoms with Crippen LogP contribution in [0.15, 0.2) is 17.6 Å². The Hall–Kier alpha value is -1.83. The Morgan fingerprint density at radius 2 is 2.12 bits per heavy atom. The van der Waals surface area contributed by atoms with Gasteiger partial charge in [0.15, 0.2) is 5.03 Å². The van der Waals surface area contributed by atoms with Crippen LogP contribution in [0, 0.1) is 13.8 Å². The molecule has 0 aliphatic heterocycles. The minimum absolute atomic E-state index is 0.0208. The van der Waals surface area contributed by atoms with Crippen LogP contribution in [-0.2, 0) is 10.0 Å². The molecule has 0 saturated carbocycles. The van der Waals surface area contributed by atoms with Gasteiger partial charge in [-0.3, -0.25) is 9.82 Å². The van der Waals surface area contributed by atoms with Crippen molar-refractivity contribution in [2.75, 3.05) is 4.72 Å². The molecule has 3 N–H and O–H groups in total. The van der Waals surface area contributed by atoms with Crippen LogP contribution < -0.4 is 4.72 Å². The van der Waals surface area contributed by atoms with Gasteiger partial charge in [-0.2, -0.15) is 13.5 Å². The summed E-state index contributed by atoms with van der Waals surface area (Å²) in [5, 5.41) is 6.63.